The third kappa shape index (κ3) is 4.01. The van der Waals surface area contributed by atoms with Crippen LogP contribution in [-0.2, 0) is 17.0 Å². The van der Waals surface area contributed by atoms with E-state index in [2.05, 4.69) is 0 Å². The minimum Gasteiger partial charge on any atom is -0.292 e. The van der Waals surface area contributed by atoms with E-state index < -0.39 is 22.5 Å². The van der Waals surface area contributed by atoms with E-state index in [0.717, 1.165) is 17.0 Å². The highest BCUT2D eigenvalue weighted by molar-refractivity contribution is 7.85. The zero-order chi connectivity index (χ0) is 15.6. The molecule has 2 nitrogen and oxygen atoms in total. The summed E-state index contributed by atoms with van der Waals surface area (Å²) >= 11 is 1.28. The number of hydrogen-bond acceptors (Lipinski definition) is 3. The Balaban J connectivity index is 2.15. The molecule has 7 heteroatoms. The number of ketones is 1. The largest absolute Gasteiger partial charge is 0.416 e. The monoisotopic (exact) mass is 332 g/mol. The highest BCUT2D eigenvalue weighted by Crippen LogP contribution is 2.30. The normalized spacial score (nSPS) is 13.1. The van der Waals surface area contributed by atoms with Crippen LogP contribution in [0.3, 0.4) is 0 Å². The standard InChI is InChI=1S/C14H11F3O2S2/c1-9-5-6-13(20-9)12(18)8-21(19)11-4-2-3-10(7-11)14(15,16)17/h2-7H,8H2,1H3. The second-order valence-corrected chi connectivity index (χ2v) is 7.09. The Labute approximate surface area is 126 Å². The molecule has 0 bridgehead atoms. The molecule has 1 aromatic carbocycles. The van der Waals surface area contributed by atoms with Gasteiger partial charge < -0.3 is 0 Å². The van der Waals surface area contributed by atoms with Crippen LogP contribution in [0.4, 0.5) is 13.2 Å². The van der Waals surface area contributed by atoms with E-state index in [-0.39, 0.29) is 16.4 Å². The molecular formula is C14H11F3O2S2. The summed E-state index contributed by atoms with van der Waals surface area (Å²) in [6.07, 6.45) is -4.49. The van der Waals surface area contributed by atoms with E-state index in [9.17, 15) is 22.2 Å². The van der Waals surface area contributed by atoms with Crippen LogP contribution in [0.2, 0.25) is 0 Å². The van der Waals surface area contributed by atoms with E-state index >= 15 is 0 Å². The Morgan fingerprint density at radius 3 is 2.52 bits per heavy atom. The molecule has 0 aliphatic rings. The van der Waals surface area contributed by atoms with Gasteiger partial charge in [0, 0.05) is 9.77 Å². The van der Waals surface area contributed by atoms with Gasteiger partial charge in [-0.1, -0.05) is 6.07 Å². The van der Waals surface area contributed by atoms with Crippen molar-refractivity contribution in [1.29, 1.82) is 0 Å². The number of halogens is 3. The summed E-state index contributed by atoms with van der Waals surface area (Å²) in [5.41, 5.74) is -0.868. The van der Waals surface area contributed by atoms with Crippen molar-refractivity contribution < 1.29 is 22.2 Å². The smallest absolute Gasteiger partial charge is 0.292 e. The van der Waals surface area contributed by atoms with E-state index in [1.54, 1.807) is 12.1 Å². The van der Waals surface area contributed by atoms with Crippen molar-refractivity contribution in [3.05, 3.63) is 51.7 Å². The van der Waals surface area contributed by atoms with Crippen molar-refractivity contribution in [3.63, 3.8) is 0 Å². The summed E-state index contributed by atoms with van der Waals surface area (Å²) < 4.78 is 49.8. The van der Waals surface area contributed by atoms with Crippen molar-refractivity contribution in [1.82, 2.24) is 0 Å². The first-order chi connectivity index (χ1) is 9.77. The Hall–Kier alpha value is -1.47. The summed E-state index contributed by atoms with van der Waals surface area (Å²) in [7, 11) is -1.79. The fourth-order valence-corrected chi connectivity index (χ4v) is 3.62. The molecule has 0 amide bonds. The molecule has 1 atom stereocenters. The van der Waals surface area contributed by atoms with Gasteiger partial charge >= 0.3 is 6.18 Å². The zero-order valence-corrected chi connectivity index (χ0v) is 12.6. The quantitative estimate of drug-likeness (QED) is 0.791. The molecule has 0 aliphatic heterocycles. The minimum atomic E-state index is -4.49. The zero-order valence-electron chi connectivity index (χ0n) is 10.9. The molecule has 2 aromatic rings. The van der Waals surface area contributed by atoms with Crippen LogP contribution >= 0.6 is 11.3 Å². The Morgan fingerprint density at radius 1 is 1.24 bits per heavy atom. The molecule has 112 valence electrons. The second-order valence-electron chi connectivity index (χ2n) is 4.35. The molecule has 21 heavy (non-hydrogen) atoms. The maximum absolute atomic E-state index is 12.6. The van der Waals surface area contributed by atoms with Gasteiger partial charge in [-0.2, -0.15) is 13.2 Å². The van der Waals surface area contributed by atoms with E-state index in [1.165, 1.54) is 23.5 Å². The van der Waals surface area contributed by atoms with Gasteiger partial charge in [-0.3, -0.25) is 9.00 Å². The maximum atomic E-state index is 12.6. The average Bonchev–Trinajstić information content (AvgIpc) is 2.84. The number of carbonyl (C=O) groups is 1. The topological polar surface area (TPSA) is 34.1 Å². The SMILES string of the molecule is Cc1ccc(C(=O)CS(=O)c2cccc(C(F)(F)F)c2)s1. The van der Waals surface area contributed by atoms with Crippen molar-refractivity contribution in [3.8, 4) is 0 Å². The molecule has 1 unspecified atom stereocenters. The lowest BCUT2D eigenvalue weighted by molar-refractivity contribution is -0.137. The molecule has 0 saturated carbocycles. The maximum Gasteiger partial charge on any atom is 0.416 e. The molecule has 1 aromatic heterocycles. The number of benzene rings is 1. The minimum absolute atomic E-state index is 0.00598. The Kier molecular flexibility index (Phi) is 4.63. The lowest BCUT2D eigenvalue weighted by Crippen LogP contribution is -2.11. The summed E-state index contributed by atoms with van der Waals surface area (Å²) in [6.45, 7) is 1.84. The fraction of sp³-hybridized carbons (Fsp3) is 0.214. The lowest BCUT2D eigenvalue weighted by Gasteiger charge is -2.08. The first-order valence-corrected chi connectivity index (χ1v) is 8.06. The number of thiophene rings is 1. The average molecular weight is 332 g/mol. The van der Waals surface area contributed by atoms with E-state index in [4.69, 9.17) is 0 Å². The van der Waals surface area contributed by atoms with Crippen LogP contribution in [0.1, 0.15) is 20.1 Å². The van der Waals surface area contributed by atoms with E-state index in [1.807, 2.05) is 6.92 Å². The van der Waals surface area contributed by atoms with Crippen LogP contribution in [0.25, 0.3) is 0 Å². The summed E-state index contributed by atoms with van der Waals surface area (Å²) in [4.78, 5) is 13.3. The highest BCUT2D eigenvalue weighted by atomic mass is 32.2. The highest BCUT2D eigenvalue weighted by Gasteiger charge is 2.30. The van der Waals surface area contributed by atoms with Crippen LogP contribution < -0.4 is 0 Å². The number of rotatable bonds is 4. The van der Waals surface area contributed by atoms with Crippen molar-refractivity contribution in [2.45, 2.75) is 18.0 Å². The van der Waals surface area contributed by atoms with Crippen molar-refractivity contribution >= 4 is 27.9 Å². The van der Waals surface area contributed by atoms with Gasteiger partial charge in [0.25, 0.3) is 0 Å². The molecule has 0 fully saturated rings. The first-order valence-electron chi connectivity index (χ1n) is 5.92. The van der Waals surface area contributed by atoms with Gasteiger partial charge in [0.2, 0.25) is 0 Å². The summed E-state index contributed by atoms with van der Waals surface area (Å²) in [6, 6.07) is 7.65. The number of hydrogen-bond donors (Lipinski definition) is 0. The summed E-state index contributed by atoms with van der Waals surface area (Å²) in [5, 5.41) is 0. The van der Waals surface area contributed by atoms with Gasteiger partial charge in [0.15, 0.2) is 5.78 Å². The van der Waals surface area contributed by atoms with Gasteiger partial charge in [-0.15, -0.1) is 11.3 Å². The van der Waals surface area contributed by atoms with Gasteiger partial charge in [0.1, 0.15) is 0 Å². The number of Topliss-reactive ketones (excluding diaryl/α,β-unsaturated/α-hetero) is 1. The second kappa shape index (κ2) is 6.11. The molecule has 0 saturated heterocycles. The summed E-state index contributed by atoms with van der Waals surface area (Å²) in [5.74, 6) is -0.648. The molecule has 0 radical (unpaired) electrons. The molecule has 0 aliphatic carbocycles. The predicted molar refractivity (Wildman–Crippen MR) is 76.1 cm³/mol. The molecule has 2 rings (SSSR count). The molecule has 1 heterocycles. The molecular weight excluding hydrogens is 321 g/mol. The fourth-order valence-electron chi connectivity index (χ4n) is 1.67. The molecule has 0 N–H and O–H groups in total. The van der Waals surface area contributed by atoms with Crippen LogP contribution in [0, 0.1) is 6.92 Å². The van der Waals surface area contributed by atoms with Crippen LogP contribution in [-0.4, -0.2) is 15.7 Å². The third-order valence-electron chi connectivity index (χ3n) is 2.70. The van der Waals surface area contributed by atoms with E-state index in [0.29, 0.717) is 4.88 Å². The number of aryl methyl sites for hydroxylation is 1. The molecule has 0 spiro atoms. The Morgan fingerprint density at radius 2 is 1.95 bits per heavy atom. The first kappa shape index (κ1) is 15.9. The van der Waals surface area contributed by atoms with Gasteiger partial charge in [-0.05, 0) is 37.3 Å². The van der Waals surface area contributed by atoms with Gasteiger partial charge in [-0.25, -0.2) is 0 Å². The van der Waals surface area contributed by atoms with Crippen molar-refractivity contribution in [2.75, 3.05) is 5.75 Å². The van der Waals surface area contributed by atoms with Crippen LogP contribution in [0.15, 0.2) is 41.3 Å². The number of carbonyl (C=O) groups excluding carboxylic acids is 1. The predicted octanol–water partition coefficient (Wildman–Crippen LogP) is 4.07. The third-order valence-corrected chi connectivity index (χ3v) is 5.05. The lowest BCUT2D eigenvalue weighted by atomic mass is 10.2. The number of alkyl halides is 3. The Bertz CT molecular complexity index is 690. The van der Waals surface area contributed by atoms with Gasteiger partial charge in [0.05, 0.1) is 27.0 Å². The van der Waals surface area contributed by atoms with Crippen molar-refractivity contribution in [2.24, 2.45) is 0 Å². The van der Waals surface area contributed by atoms with Crippen LogP contribution in [0.5, 0.6) is 0 Å².